The van der Waals surface area contributed by atoms with Crippen LogP contribution in [0.4, 0.5) is 4.39 Å². The fourth-order valence-electron chi connectivity index (χ4n) is 3.91. The summed E-state index contributed by atoms with van der Waals surface area (Å²) in [6.45, 7) is 4.59. The van der Waals surface area contributed by atoms with E-state index in [1.807, 2.05) is 45.0 Å². The fraction of sp³-hybridized carbons (Fsp3) is 0.417. The van der Waals surface area contributed by atoms with E-state index in [2.05, 4.69) is 10.4 Å². The number of amides is 1. The van der Waals surface area contributed by atoms with Gasteiger partial charge in [0, 0.05) is 16.4 Å². The molecule has 1 aliphatic rings. The minimum Gasteiger partial charge on any atom is -0.305 e. The molecule has 0 spiro atoms. The predicted octanol–water partition coefficient (Wildman–Crippen LogP) is 4.86. The maximum atomic E-state index is 14.7. The standard InChI is InChI=1S/C24H30FN5OS/c1-15(2)19-9-17(13-26)10-20(18-6-7-18)21(19)12-24(31)29-32(27,28)23-8-5-16(11-22(23)25)14-30(3)4/h5,8-11,15,18H,6-7,12,14H2,1-4H3,(H3,27,28,29,31). The van der Waals surface area contributed by atoms with Crippen molar-refractivity contribution in [2.24, 2.45) is 9.50 Å². The molecule has 3 rings (SSSR count). The van der Waals surface area contributed by atoms with Gasteiger partial charge in [-0.2, -0.15) is 9.62 Å². The summed E-state index contributed by atoms with van der Waals surface area (Å²) in [6.07, 6.45) is 2.05. The van der Waals surface area contributed by atoms with Crippen LogP contribution in [0.15, 0.2) is 39.6 Å². The number of nitriles is 1. The number of nitrogens with zero attached hydrogens (tertiary/aromatic N) is 3. The molecule has 32 heavy (non-hydrogen) atoms. The summed E-state index contributed by atoms with van der Waals surface area (Å²) in [5.74, 6) is -0.691. The van der Waals surface area contributed by atoms with Gasteiger partial charge < -0.3 is 4.90 Å². The number of hydrogen-bond donors (Lipinski definition) is 2. The van der Waals surface area contributed by atoms with Gasteiger partial charge in [-0.3, -0.25) is 14.7 Å². The van der Waals surface area contributed by atoms with Gasteiger partial charge in [-0.15, -0.1) is 0 Å². The van der Waals surface area contributed by atoms with Crippen molar-refractivity contribution in [2.45, 2.75) is 56.4 Å². The molecule has 8 heteroatoms. The molecule has 0 saturated heterocycles. The van der Waals surface area contributed by atoms with Crippen molar-refractivity contribution in [3.8, 4) is 6.07 Å². The summed E-state index contributed by atoms with van der Waals surface area (Å²) in [6, 6.07) is 10.4. The lowest BCUT2D eigenvalue weighted by atomic mass is 9.87. The van der Waals surface area contributed by atoms with E-state index < -0.39 is 21.5 Å². The van der Waals surface area contributed by atoms with E-state index in [0.29, 0.717) is 18.0 Å². The Kier molecular flexibility index (Phi) is 7.13. The number of benzene rings is 2. The largest absolute Gasteiger partial charge is 0.305 e. The average molecular weight is 456 g/mol. The molecule has 2 aromatic carbocycles. The second kappa shape index (κ2) is 9.49. The van der Waals surface area contributed by atoms with E-state index in [4.69, 9.17) is 9.92 Å². The summed E-state index contributed by atoms with van der Waals surface area (Å²) < 4.78 is 27.1. The number of carbonyl (C=O) groups excluding carboxylic acids is 1. The molecule has 0 aromatic heterocycles. The highest BCUT2D eigenvalue weighted by Gasteiger charge is 2.29. The zero-order valence-electron chi connectivity index (χ0n) is 19.0. The normalized spacial score (nSPS) is 15.5. The Labute approximate surface area is 190 Å². The first-order valence-electron chi connectivity index (χ1n) is 10.6. The summed E-state index contributed by atoms with van der Waals surface area (Å²) in [5, 5.41) is 15.5. The van der Waals surface area contributed by atoms with Gasteiger partial charge in [0.1, 0.15) is 5.82 Å². The molecule has 0 bridgehead atoms. The molecule has 1 aliphatic carbocycles. The summed E-state index contributed by atoms with van der Waals surface area (Å²) in [7, 11) is 0.530. The van der Waals surface area contributed by atoms with Crippen LogP contribution in [0.1, 0.15) is 66.3 Å². The molecule has 0 heterocycles. The van der Waals surface area contributed by atoms with Crippen LogP contribution in [0, 0.1) is 21.9 Å². The first-order valence-corrected chi connectivity index (χ1v) is 12.3. The van der Waals surface area contributed by atoms with Crippen LogP contribution < -0.4 is 5.14 Å². The zero-order valence-corrected chi connectivity index (χ0v) is 19.8. The second-order valence-corrected chi connectivity index (χ2v) is 10.8. The van der Waals surface area contributed by atoms with Crippen molar-refractivity contribution in [1.29, 1.82) is 10.0 Å². The highest BCUT2D eigenvalue weighted by Crippen LogP contribution is 2.44. The van der Waals surface area contributed by atoms with E-state index in [9.17, 15) is 14.4 Å². The molecule has 0 aliphatic heterocycles. The Balaban J connectivity index is 1.96. The summed E-state index contributed by atoms with van der Waals surface area (Å²) in [5.41, 5.74) is 4.16. The van der Waals surface area contributed by atoms with E-state index in [1.54, 1.807) is 6.07 Å². The van der Waals surface area contributed by atoms with Crippen molar-refractivity contribution in [1.82, 2.24) is 4.90 Å². The molecular weight excluding hydrogens is 425 g/mol. The third kappa shape index (κ3) is 5.60. The van der Waals surface area contributed by atoms with Gasteiger partial charge in [-0.05, 0) is 85.3 Å². The molecule has 1 amide bonds. The first kappa shape index (κ1) is 24.1. The molecule has 0 radical (unpaired) electrons. The third-order valence-electron chi connectivity index (χ3n) is 5.49. The number of nitrogens with one attached hydrogen (secondary N) is 1. The Morgan fingerprint density at radius 3 is 2.56 bits per heavy atom. The second-order valence-electron chi connectivity index (χ2n) is 8.96. The van der Waals surface area contributed by atoms with Crippen molar-refractivity contribution in [2.75, 3.05) is 14.1 Å². The molecule has 2 aromatic rings. The minimum atomic E-state index is -3.23. The highest BCUT2D eigenvalue weighted by atomic mass is 32.2. The molecule has 1 unspecified atom stereocenters. The lowest BCUT2D eigenvalue weighted by molar-refractivity contribution is -0.117. The Morgan fingerprint density at radius 1 is 1.34 bits per heavy atom. The minimum absolute atomic E-state index is 0.00375. The quantitative estimate of drug-likeness (QED) is 0.621. The summed E-state index contributed by atoms with van der Waals surface area (Å²) in [4.78, 5) is 14.8. The van der Waals surface area contributed by atoms with Gasteiger partial charge in [-0.25, -0.2) is 4.39 Å². The first-order chi connectivity index (χ1) is 15.0. The van der Waals surface area contributed by atoms with E-state index in [0.717, 1.165) is 35.1 Å². The van der Waals surface area contributed by atoms with Gasteiger partial charge in [-0.1, -0.05) is 19.9 Å². The number of hydrogen-bond acceptors (Lipinski definition) is 4. The van der Waals surface area contributed by atoms with Crippen molar-refractivity contribution >= 4 is 15.7 Å². The molecule has 1 fully saturated rings. The number of carbonyl (C=O) groups is 1. The van der Waals surface area contributed by atoms with Crippen LogP contribution in [0.25, 0.3) is 0 Å². The van der Waals surface area contributed by atoms with Gasteiger partial charge in [0.25, 0.3) is 5.91 Å². The molecule has 1 saturated carbocycles. The van der Waals surface area contributed by atoms with Crippen LogP contribution in [-0.4, -0.2) is 24.9 Å². The number of nitrogens with two attached hydrogens (primary N) is 1. The van der Waals surface area contributed by atoms with Crippen molar-refractivity contribution in [3.63, 3.8) is 0 Å². The Morgan fingerprint density at radius 2 is 2.03 bits per heavy atom. The van der Waals surface area contributed by atoms with Gasteiger partial charge in [0.15, 0.2) is 0 Å². The van der Waals surface area contributed by atoms with E-state index >= 15 is 0 Å². The van der Waals surface area contributed by atoms with Crippen molar-refractivity contribution < 1.29 is 9.18 Å². The Hall–Kier alpha value is -2.60. The lowest BCUT2D eigenvalue weighted by Gasteiger charge is -2.17. The predicted molar refractivity (Wildman–Crippen MR) is 125 cm³/mol. The van der Waals surface area contributed by atoms with Gasteiger partial charge >= 0.3 is 0 Å². The monoisotopic (exact) mass is 455 g/mol. The van der Waals surface area contributed by atoms with Crippen LogP contribution in [0.5, 0.6) is 0 Å². The molecule has 3 N–H and O–H groups in total. The summed E-state index contributed by atoms with van der Waals surface area (Å²) >= 11 is 0. The number of rotatable bonds is 7. The average Bonchev–Trinajstić information content (AvgIpc) is 3.51. The lowest BCUT2D eigenvalue weighted by Crippen LogP contribution is -2.17. The molecule has 170 valence electrons. The maximum Gasteiger partial charge on any atom is 0.258 e. The van der Waals surface area contributed by atoms with E-state index in [1.165, 1.54) is 12.1 Å². The molecular formula is C24H30FN5OS. The van der Waals surface area contributed by atoms with Gasteiger partial charge in [0.05, 0.1) is 22.9 Å². The molecule has 6 nitrogen and oxygen atoms in total. The van der Waals surface area contributed by atoms with Gasteiger partial charge in [0.2, 0.25) is 0 Å². The van der Waals surface area contributed by atoms with E-state index in [-0.39, 0.29) is 17.2 Å². The Bertz CT molecular complexity index is 1180. The zero-order chi connectivity index (χ0) is 23.6. The smallest absolute Gasteiger partial charge is 0.258 e. The number of halogens is 1. The van der Waals surface area contributed by atoms with Crippen LogP contribution in [0.2, 0.25) is 0 Å². The topological polar surface area (TPSA) is 106 Å². The molecule has 1 atom stereocenters. The SMILES string of the molecule is CC(C)c1cc(C#N)cc(C2CC2)c1CC(=O)N=S(=N)(N)c1ccc(CN(C)C)cc1F. The fourth-order valence-corrected chi connectivity index (χ4v) is 5.03. The van der Waals surface area contributed by atoms with Crippen LogP contribution in [-0.2, 0) is 27.6 Å². The maximum absolute atomic E-state index is 14.7. The third-order valence-corrected chi connectivity index (χ3v) is 6.98. The van der Waals surface area contributed by atoms with Crippen LogP contribution >= 0.6 is 0 Å². The van der Waals surface area contributed by atoms with Crippen molar-refractivity contribution in [3.05, 3.63) is 64.0 Å². The highest BCUT2D eigenvalue weighted by molar-refractivity contribution is 7.92. The van der Waals surface area contributed by atoms with Crippen LogP contribution in [0.3, 0.4) is 0 Å².